The van der Waals surface area contributed by atoms with E-state index in [2.05, 4.69) is 4.72 Å². The Labute approximate surface area is 155 Å². The summed E-state index contributed by atoms with van der Waals surface area (Å²) >= 11 is 0. The summed E-state index contributed by atoms with van der Waals surface area (Å²) in [5, 5.41) is 0.404. The lowest BCUT2D eigenvalue weighted by molar-refractivity contribution is -0.0584. The molecular formula is C18H16N2O6S. The van der Waals surface area contributed by atoms with Crippen molar-refractivity contribution in [3.63, 3.8) is 0 Å². The standard InChI is InChI=1S/C18H16N2O6S/c1-2-10-27(24,25)19-13-7-5-6-12(11-13)18(23)26-20-16(21)14-8-3-4-9-15(14)17(20)22/h3-9,11,19H,2,10H2,1H3. The summed E-state index contributed by atoms with van der Waals surface area (Å²) in [4.78, 5) is 41.8. The number of sulfonamides is 1. The third kappa shape index (κ3) is 3.82. The fourth-order valence-corrected chi connectivity index (χ4v) is 3.72. The number of hydrogen-bond acceptors (Lipinski definition) is 6. The Morgan fingerprint density at radius 3 is 2.26 bits per heavy atom. The quantitative estimate of drug-likeness (QED) is 0.760. The lowest BCUT2D eigenvalue weighted by Crippen LogP contribution is -2.32. The molecule has 0 atom stereocenters. The van der Waals surface area contributed by atoms with Gasteiger partial charge in [0.15, 0.2) is 0 Å². The molecule has 0 spiro atoms. The van der Waals surface area contributed by atoms with E-state index in [9.17, 15) is 22.8 Å². The van der Waals surface area contributed by atoms with Crippen molar-refractivity contribution in [2.24, 2.45) is 0 Å². The first kappa shape index (κ1) is 18.6. The highest BCUT2D eigenvalue weighted by Gasteiger charge is 2.38. The molecular weight excluding hydrogens is 372 g/mol. The number of carbonyl (C=O) groups excluding carboxylic acids is 3. The van der Waals surface area contributed by atoms with Crippen LogP contribution in [0.15, 0.2) is 48.5 Å². The topological polar surface area (TPSA) is 110 Å². The van der Waals surface area contributed by atoms with Crippen molar-refractivity contribution in [1.29, 1.82) is 0 Å². The maximum absolute atomic E-state index is 12.3. The Hall–Kier alpha value is -3.20. The summed E-state index contributed by atoms with van der Waals surface area (Å²) in [5.41, 5.74) is 0.469. The largest absolute Gasteiger partial charge is 0.364 e. The molecule has 8 nitrogen and oxygen atoms in total. The van der Waals surface area contributed by atoms with Gasteiger partial charge in [-0.05, 0) is 36.8 Å². The van der Waals surface area contributed by atoms with E-state index in [4.69, 9.17) is 4.84 Å². The summed E-state index contributed by atoms with van der Waals surface area (Å²) < 4.78 is 26.1. The van der Waals surface area contributed by atoms with Gasteiger partial charge in [0.05, 0.1) is 22.4 Å². The average molecular weight is 388 g/mol. The van der Waals surface area contributed by atoms with Gasteiger partial charge in [0.25, 0.3) is 11.8 Å². The second-order valence-electron chi connectivity index (χ2n) is 5.83. The molecule has 0 fully saturated rings. The number of imide groups is 1. The molecule has 140 valence electrons. The smallest absolute Gasteiger partial charge is 0.324 e. The number of amides is 2. The van der Waals surface area contributed by atoms with E-state index in [-0.39, 0.29) is 28.1 Å². The number of hydroxylamine groups is 2. The van der Waals surface area contributed by atoms with E-state index in [1.807, 2.05) is 0 Å². The lowest BCUT2D eigenvalue weighted by atomic mass is 10.1. The van der Waals surface area contributed by atoms with Gasteiger partial charge >= 0.3 is 5.97 Å². The molecule has 2 amide bonds. The number of benzene rings is 2. The summed E-state index contributed by atoms with van der Waals surface area (Å²) in [7, 11) is -3.52. The first-order valence-electron chi connectivity index (χ1n) is 8.13. The molecule has 0 unspecified atom stereocenters. The van der Waals surface area contributed by atoms with Gasteiger partial charge in [0.2, 0.25) is 10.0 Å². The van der Waals surface area contributed by atoms with Crippen LogP contribution in [0.5, 0.6) is 0 Å². The highest BCUT2D eigenvalue weighted by molar-refractivity contribution is 7.92. The molecule has 0 bridgehead atoms. The fourth-order valence-electron chi connectivity index (χ4n) is 2.59. The van der Waals surface area contributed by atoms with Crippen LogP contribution in [0, 0.1) is 0 Å². The van der Waals surface area contributed by atoms with Crippen molar-refractivity contribution >= 4 is 33.5 Å². The zero-order chi connectivity index (χ0) is 19.6. The van der Waals surface area contributed by atoms with Crippen molar-refractivity contribution in [2.75, 3.05) is 10.5 Å². The number of nitrogens with one attached hydrogen (secondary N) is 1. The molecule has 0 radical (unpaired) electrons. The Kier molecular flexibility index (Phi) is 4.95. The van der Waals surface area contributed by atoms with Gasteiger partial charge < -0.3 is 4.84 Å². The molecule has 1 N–H and O–H groups in total. The van der Waals surface area contributed by atoms with E-state index in [1.54, 1.807) is 19.1 Å². The minimum absolute atomic E-state index is 0.0109. The highest BCUT2D eigenvalue weighted by Crippen LogP contribution is 2.23. The lowest BCUT2D eigenvalue weighted by Gasteiger charge is -2.13. The van der Waals surface area contributed by atoms with Crippen molar-refractivity contribution in [3.05, 3.63) is 65.2 Å². The summed E-state index contributed by atoms with van der Waals surface area (Å²) in [5.74, 6) is -2.48. The van der Waals surface area contributed by atoms with Gasteiger partial charge in [-0.15, -0.1) is 0 Å². The molecule has 9 heteroatoms. The van der Waals surface area contributed by atoms with E-state index in [1.165, 1.54) is 36.4 Å². The van der Waals surface area contributed by atoms with Crippen LogP contribution in [0.1, 0.15) is 44.4 Å². The fraction of sp³-hybridized carbons (Fsp3) is 0.167. The average Bonchev–Trinajstić information content (AvgIpc) is 2.87. The minimum Gasteiger partial charge on any atom is -0.324 e. The van der Waals surface area contributed by atoms with Gasteiger partial charge in [-0.1, -0.05) is 30.2 Å². The molecule has 0 aliphatic carbocycles. The summed E-state index contributed by atoms with van der Waals surface area (Å²) in [6, 6.07) is 11.7. The van der Waals surface area contributed by atoms with Crippen molar-refractivity contribution in [3.8, 4) is 0 Å². The third-order valence-corrected chi connectivity index (χ3v) is 5.27. The minimum atomic E-state index is -3.52. The molecule has 2 aromatic carbocycles. The Balaban J connectivity index is 1.77. The SMILES string of the molecule is CCCS(=O)(=O)Nc1cccc(C(=O)ON2C(=O)c3ccccc3C2=O)c1. The molecule has 2 aromatic rings. The zero-order valence-electron chi connectivity index (χ0n) is 14.3. The van der Waals surface area contributed by atoms with Crippen molar-refractivity contribution in [2.45, 2.75) is 13.3 Å². The number of nitrogens with zero attached hydrogens (tertiary/aromatic N) is 1. The van der Waals surface area contributed by atoms with Crippen LogP contribution in [0.3, 0.4) is 0 Å². The normalized spacial score (nSPS) is 13.4. The van der Waals surface area contributed by atoms with E-state index >= 15 is 0 Å². The van der Waals surface area contributed by atoms with Crippen LogP contribution in [0.25, 0.3) is 0 Å². The van der Waals surface area contributed by atoms with Crippen LogP contribution >= 0.6 is 0 Å². The molecule has 0 saturated carbocycles. The maximum Gasteiger partial charge on any atom is 0.364 e. The first-order valence-corrected chi connectivity index (χ1v) is 9.78. The van der Waals surface area contributed by atoms with Gasteiger partial charge in [0.1, 0.15) is 0 Å². The van der Waals surface area contributed by atoms with Gasteiger partial charge in [-0.25, -0.2) is 13.2 Å². The second-order valence-corrected chi connectivity index (χ2v) is 7.67. The molecule has 27 heavy (non-hydrogen) atoms. The predicted octanol–water partition coefficient (Wildman–Crippen LogP) is 2.21. The Morgan fingerprint density at radius 1 is 1.04 bits per heavy atom. The summed E-state index contributed by atoms with van der Waals surface area (Å²) in [6.45, 7) is 1.73. The van der Waals surface area contributed by atoms with Crippen LogP contribution in [0.2, 0.25) is 0 Å². The van der Waals surface area contributed by atoms with Crippen LogP contribution < -0.4 is 4.72 Å². The monoisotopic (exact) mass is 388 g/mol. The van der Waals surface area contributed by atoms with Crippen LogP contribution in [0.4, 0.5) is 5.69 Å². The van der Waals surface area contributed by atoms with E-state index in [0.717, 1.165) is 0 Å². The third-order valence-electron chi connectivity index (χ3n) is 3.78. The number of carbonyl (C=O) groups is 3. The van der Waals surface area contributed by atoms with Crippen molar-refractivity contribution in [1.82, 2.24) is 5.06 Å². The maximum atomic E-state index is 12.3. The molecule has 1 aliphatic heterocycles. The van der Waals surface area contributed by atoms with Crippen molar-refractivity contribution < 1.29 is 27.6 Å². The molecule has 1 heterocycles. The predicted molar refractivity (Wildman–Crippen MR) is 96.5 cm³/mol. The van der Waals surface area contributed by atoms with E-state index < -0.39 is 27.8 Å². The Morgan fingerprint density at radius 2 is 1.67 bits per heavy atom. The number of hydrogen-bond donors (Lipinski definition) is 1. The number of fused-ring (bicyclic) bond motifs is 1. The zero-order valence-corrected chi connectivity index (χ0v) is 15.2. The first-order chi connectivity index (χ1) is 12.8. The second kappa shape index (κ2) is 7.20. The Bertz CT molecular complexity index is 997. The molecule has 0 aromatic heterocycles. The molecule has 1 aliphatic rings. The molecule has 3 rings (SSSR count). The van der Waals surface area contributed by atoms with Crippen LogP contribution in [-0.4, -0.2) is 37.0 Å². The molecule has 0 saturated heterocycles. The van der Waals surface area contributed by atoms with Gasteiger partial charge in [-0.3, -0.25) is 14.3 Å². The number of rotatable bonds is 6. The highest BCUT2D eigenvalue weighted by atomic mass is 32.2. The van der Waals surface area contributed by atoms with Gasteiger partial charge in [0, 0.05) is 5.69 Å². The summed E-state index contributed by atoms with van der Waals surface area (Å²) in [6.07, 6.45) is 0.441. The van der Waals surface area contributed by atoms with Crippen LogP contribution in [-0.2, 0) is 14.9 Å². The number of anilines is 1. The van der Waals surface area contributed by atoms with E-state index in [0.29, 0.717) is 11.5 Å². The van der Waals surface area contributed by atoms with Gasteiger partial charge in [-0.2, -0.15) is 0 Å².